The highest BCUT2D eigenvalue weighted by molar-refractivity contribution is 9.10. The van der Waals surface area contributed by atoms with Crippen LogP contribution in [0.3, 0.4) is 0 Å². The molecule has 19 heavy (non-hydrogen) atoms. The lowest BCUT2D eigenvalue weighted by Crippen LogP contribution is -1.91. The molecule has 2 aromatic carbocycles. The summed E-state index contributed by atoms with van der Waals surface area (Å²) in [6.07, 6.45) is 0.661. The third-order valence-electron chi connectivity index (χ3n) is 2.92. The van der Waals surface area contributed by atoms with Crippen molar-refractivity contribution in [1.29, 1.82) is 0 Å². The number of hydrogen-bond donors (Lipinski definition) is 2. The molecule has 1 aromatic heterocycles. The molecule has 0 aliphatic rings. The fourth-order valence-corrected chi connectivity index (χ4v) is 2.30. The first kappa shape index (κ1) is 12.2. The van der Waals surface area contributed by atoms with Gasteiger partial charge in [0.05, 0.1) is 15.5 Å². The first-order valence-corrected chi connectivity index (χ1v) is 6.59. The Balaban J connectivity index is 1.95. The molecular formula is C14H11BrFN3. The monoisotopic (exact) mass is 319 g/mol. The van der Waals surface area contributed by atoms with E-state index in [1.165, 1.54) is 6.07 Å². The van der Waals surface area contributed by atoms with Gasteiger partial charge in [-0.25, -0.2) is 9.37 Å². The topological polar surface area (TPSA) is 54.7 Å². The summed E-state index contributed by atoms with van der Waals surface area (Å²) in [4.78, 5) is 7.57. The molecule has 0 fully saturated rings. The highest BCUT2D eigenvalue weighted by Gasteiger charge is 2.07. The molecule has 1 heterocycles. The van der Waals surface area contributed by atoms with E-state index in [0.717, 1.165) is 22.6 Å². The molecule has 3 N–H and O–H groups in total. The average Bonchev–Trinajstić information content (AvgIpc) is 2.74. The summed E-state index contributed by atoms with van der Waals surface area (Å²) >= 11 is 3.16. The summed E-state index contributed by atoms with van der Waals surface area (Å²) in [5.41, 5.74) is 8.93. The number of rotatable bonds is 2. The number of aromatic nitrogens is 2. The maximum Gasteiger partial charge on any atom is 0.139 e. The zero-order valence-electron chi connectivity index (χ0n) is 9.95. The average molecular weight is 320 g/mol. The largest absolute Gasteiger partial charge is 0.399 e. The standard InChI is InChI=1S/C14H11BrFN3/c15-10-6-12-13(7-11(10)16)19-14(18-12)5-8-1-3-9(17)4-2-8/h1-4,6-7H,5,17H2,(H,18,19). The second-order valence-electron chi connectivity index (χ2n) is 4.39. The number of aromatic amines is 1. The molecular weight excluding hydrogens is 309 g/mol. The Bertz CT molecular complexity index is 695. The van der Waals surface area contributed by atoms with Crippen molar-refractivity contribution in [2.45, 2.75) is 6.42 Å². The number of halogens is 2. The van der Waals surface area contributed by atoms with Crippen LogP contribution in [0.15, 0.2) is 40.9 Å². The predicted octanol–water partition coefficient (Wildman–Crippen LogP) is 3.64. The van der Waals surface area contributed by atoms with Crippen molar-refractivity contribution < 1.29 is 4.39 Å². The number of nitrogens with zero attached hydrogens (tertiary/aromatic N) is 1. The van der Waals surface area contributed by atoms with E-state index in [1.54, 1.807) is 6.07 Å². The van der Waals surface area contributed by atoms with Crippen LogP contribution in [0.1, 0.15) is 11.4 Å². The molecule has 0 saturated heterocycles. The Morgan fingerprint density at radius 1 is 1.21 bits per heavy atom. The lowest BCUT2D eigenvalue weighted by molar-refractivity contribution is 0.623. The molecule has 0 spiro atoms. The first-order chi connectivity index (χ1) is 9.11. The van der Waals surface area contributed by atoms with Crippen LogP contribution in [-0.4, -0.2) is 9.97 Å². The van der Waals surface area contributed by atoms with Crippen molar-refractivity contribution in [2.75, 3.05) is 5.73 Å². The van der Waals surface area contributed by atoms with Crippen LogP contribution in [0, 0.1) is 5.82 Å². The van der Waals surface area contributed by atoms with Crippen LogP contribution >= 0.6 is 15.9 Å². The number of nitrogen functional groups attached to an aromatic ring is 1. The van der Waals surface area contributed by atoms with Gasteiger partial charge in [-0.15, -0.1) is 0 Å². The fraction of sp³-hybridized carbons (Fsp3) is 0.0714. The molecule has 0 radical (unpaired) electrons. The van der Waals surface area contributed by atoms with Crippen LogP contribution in [0.4, 0.5) is 10.1 Å². The van der Waals surface area contributed by atoms with Gasteiger partial charge in [-0.1, -0.05) is 12.1 Å². The second kappa shape index (κ2) is 4.66. The van der Waals surface area contributed by atoms with Crippen molar-refractivity contribution >= 4 is 32.7 Å². The number of benzene rings is 2. The summed E-state index contributed by atoms with van der Waals surface area (Å²) in [5.74, 6) is 0.507. The summed E-state index contributed by atoms with van der Waals surface area (Å²) in [6.45, 7) is 0. The van der Waals surface area contributed by atoms with Crippen LogP contribution < -0.4 is 5.73 Å². The highest BCUT2D eigenvalue weighted by Crippen LogP contribution is 2.22. The van der Waals surface area contributed by atoms with Gasteiger partial charge in [0.15, 0.2) is 0 Å². The van der Waals surface area contributed by atoms with Crippen molar-refractivity contribution in [3.63, 3.8) is 0 Å². The quantitative estimate of drug-likeness (QED) is 0.708. The first-order valence-electron chi connectivity index (χ1n) is 5.80. The molecule has 5 heteroatoms. The van der Waals surface area contributed by atoms with E-state index in [-0.39, 0.29) is 5.82 Å². The number of hydrogen-bond acceptors (Lipinski definition) is 2. The molecule has 3 rings (SSSR count). The van der Waals surface area contributed by atoms with Gasteiger partial charge in [0, 0.05) is 18.2 Å². The third-order valence-corrected chi connectivity index (χ3v) is 3.53. The minimum absolute atomic E-state index is 0.296. The van der Waals surface area contributed by atoms with Gasteiger partial charge < -0.3 is 10.7 Å². The van der Waals surface area contributed by atoms with E-state index in [0.29, 0.717) is 16.4 Å². The summed E-state index contributed by atoms with van der Waals surface area (Å²) < 4.78 is 13.8. The van der Waals surface area contributed by atoms with Gasteiger partial charge in [-0.3, -0.25) is 0 Å². The van der Waals surface area contributed by atoms with E-state index < -0.39 is 0 Å². The zero-order valence-corrected chi connectivity index (χ0v) is 11.5. The molecule has 3 aromatic rings. The Morgan fingerprint density at radius 2 is 1.95 bits per heavy atom. The van der Waals surface area contributed by atoms with E-state index in [1.807, 2.05) is 24.3 Å². The Kier molecular flexibility index (Phi) is 2.98. The Labute approximate surface area is 117 Å². The molecule has 0 aliphatic carbocycles. The minimum Gasteiger partial charge on any atom is -0.399 e. The maximum absolute atomic E-state index is 13.4. The van der Waals surface area contributed by atoms with Gasteiger partial charge in [0.1, 0.15) is 11.6 Å². The molecule has 0 atom stereocenters. The number of anilines is 1. The molecule has 0 aliphatic heterocycles. The van der Waals surface area contributed by atoms with Crippen molar-refractivity contribution in [3.8, 4) is 0 Å². The van der Waals surface area contributed by atoms with Gasteiger partial charge in [0.2, 0.25) is 0 Å². The zero-order chi connectivity index (χ0) is 13.4. The van der Waals surface area contributed by atoms with Gasteiger partial charge in [-0.05, 0) is 39.7 Å². The minimum atomic E-state index is -0.296. The summed E-state index contributed by atoms with van der Waals surface area (Å²) in [6, 6.07) is 10.7. The fourth-order valence-electron chi connectivity index (χ4n) is 1.97. The van der Waals surface area contributed by atoms with E-state index >= 15 is 0 Å². The molecule has 0 bridgehead atoms. The van der Waals surface area contributed by atoms with Gasteiger partial charge in [0.25, 0.3) is 0 Å². The lowest BCUT2D eigenvalue weighted by atomic mass is 10.1. The van der Waals surface area contributed by atoms with Crippen LogP contribution in [0.2, 0.25) is 0 Å². The van der Waals surface area contributed by atoms with Crippen LogP contribution in [0.5, 0.6) is 0 Å². The number of nitrogens with two attached hydrogens (primary N) is 1. The highest BCUT2D eigenvalue weighted by atomic mass is 79.9. The van der Waals surface area contributed by atoms with Crippen molar-refractivity contribution in [1.82, 2.24) is 9.97 Å². The third kappa shape index (κ3) is 2.46. The summed E-state index contributed by atoms with van der Waals surface area (Å²) in [7, 11) is 0. The number of nitrogens with one attached hydrogen (secondary N) is 1. The molecule has 3 nitrogen and oxygen atoms in total. The van der Waals surface area contributed by atoms with E-state index in [2.05, 4.69) is 25.9 Å². The lowest BCUT2D eigenvalue weighted by Gasteiger charge is -1.98. The SMILES string of the molecule is Nc1ccc(Cc2nc3cc(Br)c(F)cc3[nH]2)cc1. The van der Waals surface area contributed by atoms with Crippen LogP contribution in [0.25, 0.3) is 11.0 Å². The van der Waals surface area contributed by atoms with Crippen molar-refractivity contribution in [3.05, 3.63) is 58.1 Å². The van der Waals surface area contributed by atoms with Gasteiger partial charge in [-0.2, -0.15) is 0 Å². The molecule has 0 amide bonds. The summed E-state index contributed by atoms with van der Waals surface area (Å²) in [5, 5.41) is 0. The van der Waals surface area contributed by atoms with E-state index in [4.69, 9.17) is 5.73 Å². The Hall–Kier alpha value is -1.88. The molecule has 0 saturated carbocycles. The maximum atomic E-state index is 13.4. The van der Waals surface area contributed by atoms with E-state index in [9.17, 15) is 4.39 Å². The number of H-pyrrole nitrogens is 1. The smallest absolute Gasteiger partial charge is 0.139 e. The molecule has 0 unspecified atom stereocenters. The number of imidazole rings is 1. The normalized spacial score (nSPS) is 11.1. The Morgan fingerprint density at radius 3 is 2.68 bits per heavy atom. The predicted molar refractivity (Wildman–Crippen MR) is 77.4 cm³/mol. The van der Waals surface area contributed by atoms with Gasteiger partial charge >= 0.3 is 0 Å². The molecule has 96 valence electrons. The van der Waals surface area contributed by atoms with Crippen LogP contribution in [-0.2, 0) is 6.42 Å². The number of fused-ring (bicyclic) bond motifs is 1. The van der Waals surface area contributed by atoms with Crippen molar-refractivity contribution in [2.24, 2.45) is 0 Å². The second-order valence-corrected chi connectivity index (χ2v) is 5.24.